The molecule has 0 amide bonds. The van der Waals surface area contributed by atoms with Gasteiger partial charge in [-0.25, -0.2) is 4.98 Å². The fourth-order valence-corrected chi connectivity index (χ4v) is 2.52. The minimum Gasteiger partial charge on any atom is -0.491 e. The Balaban J connectivity index is 1.76. The Kier molecular flexibility index (Phi) is 4.97. The first-order chi connectivity index (χ1) is 12.0. The number of benzene rings is 1. The van der Waals surface area contributed by atoms with E-state index in [9.17, 15) is 0 Å². The summed E-state index contributed by atoms with van der Waals surface area (Å²) in [5.74, 6) is 2.83. The van der Waals surface area contributed by atoms with Gasteiger partial charge in [0.2, 0.25) is 0 Å². The van der Waals surface area contributed by atoms with E-state index in [0.717, 1.165) is 22.7 Å². The number of anilines is 1. The first-order valence-electron chi connectivity index (χ1n) is 8.25. The van der Waals surface area contributed by atoms with Gasteiger partial charge in [-0.15, -0.1) is 0 Å². The predicted molar refractivity (Wildman–Crippen MR) is 96.6 cm³/mol. The Labute approximate surface area is 147 Å². The first kappa shape index (κ1) is 17.0. The van der Waals surface area contributed by atoms with E-state index in [2.05, 4.69) is 32.2 Å². The van der Waals surface area contributed by atoms with Gasteiger partial charge < -0.3 is 14.2 Å². The van der Waals surface area contributed by atoms with Crippen LogP contribution in [0, 0.1) is 6.92 Å². The van der Waals surface area contributed by atoms with Gasteiger partial charge in [0.15, 0.2) is 5.82 Å². The van der Waals surface area contributed by atoms with E-state index in [1.54, 1.807) is 13.1 Å². The molecule has 0 radical (unpaired) electrons. The predicted octanol–water partition coefficient (Wildman–Crippen LogP) is 3.86. The summed E-state index contributed by atoms with van der Waals surface area (Å²) in [5, 5.41) is 3.83. The van der Waals surface area contributed by atoms with Gasteiger partial charge in [0.1, 0.15) is 11.6 Å². The minimum absolute atomic E-state index is 0.157. The normalized spacial score (nSPS) is 10.9. The lowest BCUT2D eigenvalue weighted by Crippen LogP contribution is -2.17. The molecule has 0 saturated carbocycles. The molecule has 25 heavy (non-hydrogen) atoms. The van der Waals surface area contributed by atoms with Gasteiger partial charge >= 0.3 is 0 Å². The second-order valence-corrected chi connectivity index (χ2v) is 6.22. The van der Waals surface area contributed by atoms with E-state index in [1.165, 1.54) is 0 Å². The van der Waals surface area contributed by atoms with Crippen LogP contribution >= 0.6 is 0 Å². The van der Waals surface area contributed by atoms with Crippen LogP contribution in [0.15, 0.2) is 47.1 Å². The largest absolute Gasteiger partial charge is 0.491 e. The third-order valence-corrected chi connectivity index (χ3v) is 3.60. The summed E-state index contributed by atoms with van der Waals surface area (Å²) in [4.78, 5) is 10.8. The lowest BCUT2D eigenvalue weighted by molar-refractivity contribution is 0.242. The highest BCUT2D eigenvalue weighted by Crippen LogP contribution is 2.23. The van der Waals surface area contributed by atoms with Crippen LogP contribution in [-0.2, 0) is 6.54 Å². The molecule has 0 spiro atoms. The molecule has 0 aliphatic carbocycles. The number of nitrogens with zero attached hydrogens (tertiary/aromatic N) is 4. The molecule has 3 rings (SSSR count). The summed E-state index contributed by atoms with van der Waals surface area (Å²) in [6.07, 6.45) is 1.91. The zero-order valence-corrected chi connectivity index (χ0v) is 14.9. The van der Waals surface area contributed by atoms with Crippen LogP contribution in [-0.4, -0.2) is 28.3 Å². The van der Waals surface area contributed by atoms with Crippen LogP contribution in [0.1, 0.15) is 25.2 Å². The number of aromatic nitrogens is 3. The summed E-state index contributed by atoms with van der Waals surface area (Å²) in [6.45, 7) is 6.56. The summed E-state index contributed by atoms with van der Waals surface area (Å²) in [6, 6.07) is 11.9. The van der Waals surface area contributed by atoms with Crippen molar-refractivity contribution >= 4 is 5.82 Å². The lowest BCUT2D eigenvalue weighted by Gasteiger charge is -2.19. The molecule has 0 N–H and O–H groups in total. The average molecular weight is 338 g/mol. The maximum atomic E-state index is 5.76. The van der Waals surface area contributed by atoms with Crippen LogP contribution in [0.5, 0.6) is 5.75 Å². The molecular weight excluding hydrogens is 316 g/mol. The van der Waals surface area contributed by atoms with Crippen LogP contribution < -0.4 is 9.64 Å². The van der Waals surface area contributed by atoms with Crippen molar-refractivity contribution in [3.8, 4) is 17.2 Å². The molecule has 2 aromatic heterocycles. The van der Waals surface area contributed by atoms with Crippen molar-refractivity contribution < 1.29 is 9.26 Å². The Bertz CT molecular complexity index is 845. The van der Waals surface area contributed by atoms with Crippen LogP contribution in [0.25, 0.3) is 11.5 Å². The number of rotatable bonds is 6. The van der Waals surface area contributed by atoms with Gasteiger partial charge in [-0.2, -0.15) is 4.98 Å². The number of hydrogen-bond donors (Lipinski definition) is 0. The molecule has 1 aromatic carbocycles. The van der Waals surface area contributed by atoms with Crippen LogP contribution in [0.4, 0.5) is 5.82 Å². The summed E-state index contributed by atoms with van der Waals surface area (Å²) < 4.78 is 11.0. The van der Waals surface area contributed by atoms with Crippen molar-refractivity contribution in [1.82, 2.24) is 15.1 Å². The van der Waals surface area contributed by atoms with Crippen molar-refractivity contribution in [1.29, 1.82) is 0 Å². The average Bonchev–Trinajstić information content (AvgIpc) is 3.01. The van der Waals surface area contributed by atoms with Gasteiger partial charge in [0.25, 0.3) is 5.89 Å². The highest BCUT2D eigenvalue weighted by Gasteiger charge is 2.10. The number of pyridine rings is 1. The maximum Gasteiger partial charge on any atom is 0.258 e. The number of ether oxygens (including phenoxy) is 1. The van der Waals surface area contributed by atoms with E-state index in [4.69, 9.17) is 9.26 Å². The van der Waals surface area contributed by atoms with Crippen molar-refractivity contribution in [3.05, 3.63) is 54.0 Å². The first-order valence-corrected chi connectivity index (χ1v) is 8.25. The van der Waals surface area contributed by atoms with Crippen LogP contribution in [0.2, 0.25) is 0 Å². The van der Waals surface area contributed by atoms with E-state index >= 15 is 0 Å². The SMILES string of the molecule is Cc1noc(-c2ccnc(N(C)Cc3cccc(OC(C)C)c3)c2)n1. The highest BCUT2D eigenvalue weighted by molar-refractivity contribution is 5.58. The van der Waals surface area contributed by atoms with Crippen molar-refractivity contribution in [2.24, 2.45) is 0 Å². The molecule has 6 nitrogen and oxygen atoms in total. The lowest BCUT2D eigenvalue weighted by atomic mass is 10.2. The maximum absolute atomic E-state index is 5.76. The molecule has 0 atom stereocenters. The quantitative estimate of drug-likeness (QED) is 0.680. The zero-order chi connectivity index (χ0) is 17.8. The molecule has 130 valence electrons. The van der Waals surface area contributed by atoms with Gasteiger partial charge in [-0.05, 0) is 50.6 Å². The van der Waals surface area contributed by atoms with Gasteiger partial charge in [0, 0.05) is 25.4 Å². The molecular formula is C19H22N4O2. The van der Waals surface area contributed by atoms with Crippen molar-refractivity contribution in [2.75, 3.05) is 11.9 Å². The third kappa shape index (κ3) is 4.35. The Morgan fingerprint density at radius 1 is 1.20 bits per heavy atom. The minimum atomic E-state index is 0.157. The fraction of sp³-hybridized carbons (Fsp3) is 0.316. The molecule has 2 heterocycles. The van der Waals surface area contributed by atoms with Gasteiger partial charge in [-0.1, -0.05) is 17.3 Å². The Morgan fingerprint density at radius 3 is 2.76 bits per heavy atom. The molecule has 3 aromatic rings. The van der Waals surface area contributed by atoms with Crippen molar-refractivity contribution in [2.45, 2.75) is 33.4 Å². The standard InChI is InChI=1S/C19H22N4O2/c1-13(2)24-17-7-5-6-15(10-17)12-23(4)18-11-16(8-9-20-18)19-21-14(3)22-25-19/h5-11,13H,12H2,1-4H3. The molecule has 6 heteroatoms. The van der Waals surface area contributed by atoms with E-state index in [-0.39, 0.29) is 6.10 Å². The molecule has 0 aliphatic heterocycles. The molecule has 0 aliphatic rings. The second kappa shape index (κ2) is 7.34. The second-order valence-electron chi connectivity index (χ2n) is 6.22. The van der Waals surface area contributed by atoms with E-state index in [0.29, 0.717) is 18.3 Å². The highest BCUT2D eigenvalue weighted by atomic mass is 16.5. The Hall–Kier alpha value is -2.89. The summed E-state index contributed by atoms with van der Waals surface area (Å²) >= 11 is 0. The third-order valence-electron chi connectivity index (χ3n) is 3.60. The van der Waals surface area contributed by atoms with Gasteiger partial charge in [0.05, 0.1) is 6.10 Å². The summed E-state index contributed by atoms with van der Waals surface area (Å²) in [7, 11) is 2.00. The van der Waals surface area contributed by atoms with Crippen molar-refractivity contribution in [3.63, 3.8) is 0 Å². The van der Waals surface area contributed by atoms with E-state index < -0.39 is 0 Å². The fourth-order valence-electron chi connectivity index (χ4n) is 2.52. The molecule has 0 bridgehead atoms. The monoisotopic (exact) mass is 338 g/mol. The van der Waals surface area contributed by atoms with Crippen LogP contribution in [0.3, 0.4) is 0 Å². The topological polar surface area (TPSA) is 64.3 Å². The number of aryl methyl sites for hydroxylation is 1. The number of hydrogen-bond acceptors (Lipinski definition) is 6. The molecule has 0 fully saturated rings. The Morgan fingerprint density at radius 2 is 2.04 bits per heavy atom. The molecule has 0 unspecified atom stereocenters. The van der Waals surface area contributed by atoms with E-state index in [1.807, 2.05) is 45.2 Å². The summed E-state index contributed by atoms with van der Waals surface area (Å²) in [5.41, 5.74) is 2.01. The smallest absolute Gasteiger partial charge is 0.258 e. The molecule has 0 saturated heterocycles. The zero-order valence-electron chi connectivity index (χ0n) is 14.9. The van der Waals surface area contributed by atoms with Gasteiger partial charge in [-0.3, -0.25) is 0 Å².